The SMILES string of the molecule is CC1CC(=O)N(C2CCC(=O)NC2)C(=O)C1. The van der Waals surface area contributed by atoms with Crippen molar-refractivity contribution in [2.45, 2.75) is 38.6 Å². The van der Waals surface area contributed by atoms with Gasteiger partial charge in [-0.25, -0.2) is 0 Å². The number of nitrogens with one attached hydrogen (secondary N) is 1. The average molecular weight is 224 g/mol. The van der Waals surface area contributed by atoms with E-state index in [-0.39, 0.29) is 29.7 Å². The molecular formula is C11H16N2O3. The summed E-state index contributed by atoms with van der Waals surface area (Å²) >= 11 is 0. The molecule has 0 aromatic rings. The van der Waals surface area contributed by atoms with Crippen LogP contribution in [0.2, 0.25) is 0 Å². The zero-order valence-electron chi connectivity index (χ0n) is 9.36. The molecule has 0 aromatic carbocycles. The van der Waals surface area contributed by atoms with Crippen LogP contribution in [0.3, 0.4) is 0 Å². The lowest BCUT2D eigenvalue weighted by atomic mass is 9.94. The van der Waals surface area contributed by atoms with Crippen molar-refractivity contribution in [3.63, 3.8) is 0 Å². The van der Waals surface area contributed by atoms with Crippen molar-refractivity contribution in [2.24, 2.45) is 5.92 Å². The molecule has 0 spiro atoms. The van der Waals surface area contributed by atoms with Gasteiger partial charge < -0.3 is 5.32 Å². The van der Waals surface area contributed by atoms with Gasteiger partial charge in [0.05, 0.1) is 6.04 Å². The molecule has 2 saturated heterocycles. The number of imide groups is 1. The van der Waals surface area contributed by atoms with Gasteiger partial charge in [-0.15, -0.1) is 0 Å². The van der Waals surface area contributed by atoms with Crippen molar-refractivity contribution in [1.82, 2.24) is 10.2 Å². The van der Waals surface area contributed by atoms with E-state index in [0.717, 1.165) is 0 Å². The third-order valence-corrected chi connectivity index (χ3v) is 3.19. The third-order valence-electron chi connectivity index (χ3n) is 3.19. The molecule has 16 heavy (non-hydrogen) atoms. The smallest absolute Gasteiger partial charge is 0.229 e. The predicted octanol–water partition coefficient (Wildman–Crippen LogP) is 0.0501. The average Bonchev–Trinajstić information content (AvgIpc) is 2.19. The lowest BCUT2D eigenvalue weighted by molar-refractivity contribution is -0.154. The summed E-state index contributed by atoms with van der Waals surface area (Å²) in [7, 11) is 0. The maximum Gasteiger partial charge on any atom is 0.229 e. The number of nitrogens with zero attached hydrogens (tertiary/aromatic N) is 1. The molecule has 0 saturated carbocycles. The van der Waals surface area contributed by atoms with Gasteiger partial charge in [0.15, 0.2) is 0 Å². The summed E-state index contributed by atoms with van der Waals surface area (Å²) in [4.78, 5) is 35.9. The highest BCUT2D eigenvalue weighted by Gasteiger charge is 2.36. The monoisotopic (exact) mass is 224 g/mol. The zero-order valence-corrected chi connectivity index (χ0v) is 9.36. The first-order valence-electron chi connectivity index (χ1n) is 5.69. The Hall–Kier alpha value is -1.39. The van der Waals surface area contributed by atoms with E-state index >= 15 is 0 Å². The molecule has 0 aliphatic carbocycles. The quantitative estimate of drug-likeness (QED) is 0.640. The summed E-state index contributed by atoms with van der Waals surface area (Å²) in [6, 6.07) is -0.134. The van der Waals surface area contributed by atoms with Crippen LogP contribution in [-0.4, -0.2) is 35.2 Å². The first kappa shape index (κ1) is 11.1. The maximum absolute atomic E-state index is 11.8. The number of piperidine rings is 2. The summed E-state index contributed by atoms with van der Waals surface area (Å²) in [6.45, 7) is 2.32. The maximum atomic E-state index is 11.8. The summed E-state index contributed by atoms with van der Waals surface area (Å²) < 4.78 is 0. The molecule has 5 nitrogen and oxygen atoms in total. The first-order valence-corrected chi connectivity index (χ1v) is 5.69. The molecule has 3 amide bonds. The highest BCUT2D eigenvalue weighted by Crippen LogP contribution is 2.23. The molecule has 88 valence electrons. The normalized spacial score (nSPS) is 28.2. The number of carbonyl (C=O) groups excluding carboxylic acids is 3. The van der Waals surface area contributed by atoms with Crippen molar-refractivity contribution < 1.29 is 14.4 Å². The molecule has 5 heteroatoms. The number of likely N-dealkylation sites (tertiary alicyclic amines) is 1. The van der Waals surface area contributed by atoms with Crippen molar-refractivity contribution >= 4 is 17.7 Å². The number of carbonyl (C=O) groups is 3. The van der Waals surface area contributed by atoms with Gasteiger partial charge in [0.2, 0.25) is 17.7 Å². The number of hydrogen-bond donors (Lipinski definition) is 1. The fraction of sp³-hybridized carbons (Fsp3) is 0.727. The van der Waals surface area contributed by atoms with Gasteiger partial charge in [-0.05, 0) is 12.3 Å². The lowest BCUT2D eigenvalue weighted by Crippen LogP contribution is -2.55. The topological polar surface area (TPSA) is 66.5 Å². The summed E-state index contributed by atoms with van der Waals surface area (Å²) in [6.07, 6.45) is 1.88. The lowest BCUT2D eigenvalue weighted by Gasteiger charge is -2.36. The number of hydrogen-bond acceptors (Lipinski definition) is 3. The van der Waals surface area contributed by atoms with Crippen LogP contribution in [0.4, 0.5) is 0 Å². The molecule has 1 atom stereocenters. The van der Waals surface area contributed by atoms with Crippen LogP contribution in [0, 0.1) is 5.92 Å². The van der Waals surface area contributed by atoms with Gasteiger partial charge in [-0.1, -0.05) is 6.92 Å². The minimum absolute atomic E-state index is 0.00141. The minimum Gasteiger partial charge on any atom is -0.354 e. The van der Waals surface area contributed by atoms with Crippen molar-refractivity contribution in [3.05, 3.63) is 0 Å². The minimum atomic E-state index is -0.134. The fourth-order valence-corrected chi connectivity index (χ4v) is 2.35. The summed E-state index contributed by atoms with van der Waals surface area (Å²) in [5.74, 6) is -0.0363. The van der Waals surface area contributed by atoms with Crippen LogP contribution >= 0.6 is 0 Å². The molecule has 0 aromatic heterocycles. The van der Waals surface area contributed by atoms with Gasteiger partial charge in [0.1, 0.15) is 0 Å². The Morgan fingerprint density at radius 3 is 2.31 bits per heavy atom. The summed E-state index contributed by atoms with van der Waals surface area (Å²) in [5, 5.41) is 2.70. The molecule has 0 radical (unpaired) electrons. The fourth-order valence-electron chi connectivity index (χ4n) is 2.35. The highest BCUT2D eigenvalue weighted by molar-refractivity contribution is 5.98. The Balaban J connectivity index is 2.05. The van der Waals surface area contributed by atoms with Crippen molar-refractivity contribution in [1.29, 1.82) is 0 Å². The van der Waals surface area contributed by atoms with Gasteiger partial charge in [0.25, 0.3) is 0 Å². The van der Waals surface area contributed by atoms with Crippen molar-refractivity contribution in [3.8, 4) is 0 Å². The standard InChI is InChI=1S/C11H16N2O3/c1-7-4-10(15)13(11(16)5-7)8-2-3-9(14)12-6-8/h7-8H,2-6H2,1H3,(H,12,14). The first-order chi connectivity index (χ1) is 7.58. The molecule has 0 bridgehead atoms. The van der Waals surface area contributed by atoms with E-state index in [1.165, 1.54) is 4.90 Å². The van der Waals surface area contributed by atoms with Crippen molar-refractivity contribution in [2.75, 3.05) is 6.54 Å². The van der Waals surface area contributed by atoms with Crippen LogP contribution in [0.25, 0.3) is 0 Å². The molecule has 2 heterocycles. The third kappa shape index (κ3) is 2.08. The summed E-state index contributed by atoms with van der Waals surface area (Å²) in [5.41, 5.74) is 0. The molecular weight excluding hydrogens is 208 g/mol. The van der Waals surface area contributed by atoms with Gasteiger partial charge in [0, 0.05) is 25.8 Å². The second-order valence-corrected chi connectivity index (χ2v) is 4.67. The number of amides is 3. The Bertz CT molecular complexity index is 312. The van der Waals surface area contributed by atoms with E-state index < -0.39 is 0 Å². The molecule has 1 N–H and O–H groups in total. The molecule has 2 fully saturated rings. The molecule has 1 unspecified atom stereocenters. The van der Waals surface area contributed by atoms with E-state index in [9.17, 15) is 14.4 Å². The van der Waals surface area contributed by atoms with Crippen LogP contribution in [-0.2, 0) is 14.4 Å². The van der Waals surface area contributed by atoms with E-state index in [1.807, 2.05) is 6.92 Å². The second kappa shape index (κ2) is 4.23. The van der Waals surface area contributed by atoms with Crippen LogP contribution in [0.15, 0.2) is 0 Å². The Kier molecular flexibility index (Phi) is 2.94. The Morgan fingerprint density at radius 1 is 1.19 bits per heavy atom. The molecule has 2 aliphatic rings. The van der Waals surface area contributed by atoms with Crippen LogP contribution < -0.4 is 5.32 Å². The predicted molar refractivity (Wildman–Crippen MR) is 56.3 cm³/mol. The van der Waals surface area contributed by atoms with Gasteiger partial charge in [-0.3, -0.25) is 19.3 Å². The van der Waals surface area contributed by atoms with Crippen LogP contribution in [0.1, 0.15) is 32.6 Å². The Labute approximate surface area is 94.2 Å². The number of rotatable bonds is 1. The van der Waals surface area contributed by atoms with E-state index in [0.29, 0.717) is 32.2 Å². The van der Waals surface area contributed by atoms with E-state index in [4.69, 9.17) is 0 Å². The Morgan fingerprint density at radius 2 is 1.81 bits per heavy atom. The highest BCUT2D eigenvalue weighted by atomic mass is 16.2. The van der Waals surface area contributed by atoms with E-state index in [2.05, 4.69) is 5.32 Å². The second-order valence-electron chi connectivity index (χ2n) is 4.67. The molecule has 2 rings (SSSR count). The zero-order chi connectivity index (χ0) is 11.7. The van der Waals surface area contributed by atoms with Gasteiger partial charge >= 0.3 is 0 Å². The largest absolute Gasteiger partial charge is 0.354 e. The molecule has 2 aliphatic heterocycles. The van der Waals surface area contributed by atoms with Gasteiger partial charge in [-0.2, -0.15) is 0 Å². The van der Waals surface area contributed by atoms with Crippen LogP contribution in [0.5, 0.6) is 0 Å². The van der Waals surface area contributed by atoms with E-state index in [1.54, 1.807) is 0 Å².